The molecule has 17 heavy (non-hydrogen) atoms. The Morgan fingerprint density at radius 2 is 2.06 bits per heavy atom. The van der Waals surface area contributed by atoms with Gasteiger partial charge in [0.15, 0.2) is 0 Å². The van der Waals surface area contributed by atoms with Gasteiger partial charge in [0, 0.05) is 22.2 Å². The highest BCUT2D eigenvalue weighted by molar-refractivity contribution is 7.11. The lowest BCUT2D eigenvalue weighted by atomic mass is 10.0. The largest absolute Gasteiger partial charge is 0.352 e. The van der Waals surface area contributed by atoms with Gasteiger partial charge in [0.25, 0.3) is 0 Å². The summed E-state index contributed by atoms with van der Waals surface area (Å²) in [4.78, 5) is 14.4. The molecule has 0 spiro atoms. The first-order valence-electron chi connectivity index (χ1n) is 6.01. The summed E-state index contributed by atoms with van der Waals surface area (Å²) in [6.07, 6.45) is 0.870. The van der Waals surface area contributed by atoms with Crippen LogP contribution < -0.4 is 11.1 Å². The van der Waals surface area contributed by atoms with Crippen LogP contribution in [0.5, 0.6) is 0 Å². The summed E-state index contributed by atoms with van der Waals surface area (Å²) in [6, 6.07) is 3.94. The number of carbonyl (C=O) groups is 1. The molecule has 1 heterocycles. The van der Waals surface area contributed by atoms with E-state index < -0.39 is 6.04 Å². The van der Waals surface area contributed by atoms with E-state index in [1.54, 1.807) is 11.3 Å². The number of nitrogens with one attached hydrogen (secondary N) is 1. The van der Waals surface area contributed by atoms with Gasteiger partial charge in [-0.05, 0) is 31.9 Å². The van der Waals surface area contributed by atoms with Crippen molar-refractivity contribution in [2.45, 2.75) is 46.2 Å². The number of carbonyl (C=O) groups excluding carboxylic acids is 1. The Bertz CT molecular complexity index is 373. The Kier molecular flexibility index (Phi) is 5.15. The number of hydrogen-bond donors (Lipinski definition) is 2. The second-order valence-electron chi connectivity index (χ2n) is 4.90. The summed E-state index contributed by atoms with van der Waals surface area (Å²) in [6.45, 7) is 8.02. The molecule has 4 heteroatoms. The summed E-state index contributed by atoms with van der Waals surface area (Å²) in [7, 11) is 0. The van der Waals surface area contributed by atoms with Crippen molar-refractivity contribution < 1.29 is 4.79 Å². The average Bonchev–Trinajstić information content (AvgIpc) is 2.62. The van der Waals surface area contributed by atoms with Gasteiger partial charge in [-0.1, -0.05) is 13.8 Å². The molecule has 1 aromatic heterocycles. The van der Waals surface area contributed by atoms with Crippen LogP contribution in [0.4, 0.5) is 0 Å². The molecule has 0 aliphatic carbocycles. The van der Waals surface area contributed by atoms with E-state index in [-0.39, 0.29) is 17.9 Å². The van der Waals surface area contributed by atoms with Crippen LogP contribution in [0.25, 0.3) is 0 Å². The lowest BCUT2D eigenvalue weighted by molar-refractivity contribution is -0.123. The van der Waals surface area contributed by atoms with E-state index in [4.69, 9.17) is 5.73 Å². The molecule has 0 bridgehead atoms. The van der Waals surface area contributed by atoms with Crippen LogP contribution in [0.2, 0.25) is 0 Å². The second-order valence-corrected chi connectivity index (χ2v) is 6.27. The fourth-order valence-electron chi connectivity index (χ4n) is 1.59. The monoisotopic (exact) mass is 254 g/mol. The van der Waals surface area contributed by atoms with Gasteiger partial charge in [-0.25, -0.2) is 0 Å². The van der Waals surface area contributed by atoms with Crippen LogP contribution in [0.3, 0.4) is 0 Å². The molecule has 0 aliphatic rings. The second kappa shape index (κ2) is 6.17. The lowest BCUT2D eigenvalue weighted by Gasteiger charge is -2.19. The van der Waals surface area contributed by atoms with Crippen molar-refractivity contribution >= 4 is 17.2 Å². The molecule has 96 valence electrons. The predicted octanol–water partition coefficient (Wildman–Crippen LogP) is 2.09. The van der Waals surface area contributed by atoms with E-state index in [1.807, 2.05) is 20.8 Å². The summed E-state index contributed by atoms with van der Waals surface area (Å²) in [5.41, 5.74) is 5.80. The zero-order valence-electron chi connectivity index (χ0n) is 11.0. The summed E-state index contributed by atoms with van der Waals surface area (Å²) >= 11 is 1.78. The quantitative estimate of drug-likeness (QED) is 0.845. The van der Waals surface area contributed by atoms with Gasteiger partial charge in [0.2, 0.25) is 5.91 Å². The molecule has 0 aliphatic heterocycles. The first-order valence-corrected chi connectivity index (χ1v) is 6.83. The van der Waals surface area contributed by atoms with Gasteiger partial charge in [0.1, 0.15) is 0 Å². The molecular weight excluding hydrogens is 232 g/mol. The third-order valence-electron chi connectivity index (χ3n) is 2.71. The minimum Gasteiger partial charge on any atom is -0.352 e. The van der Waals surface area contributed by atoms with Gasteiger partial charge in [0.05, 0.1) is 6.04 Å². The minimum absolute atomic E-state index is 0.0548. The molecule has 2 atom stereocenters. The maximum Gasteiger partial charge on any atom is 0.237 e. The standard InChI is InChI=1S/C13H22N2OS/c1-8(2)12(14)13(16)15-9(3)7-11-6-5-10(4)17-11/h5-6,8-9,12H,7,14H2,1-4H3,(H,15,16)/t9?,12-/m0/s1. The van der Waals surface area contributed by atoms with E-state index in [9.17, 15) is 4.79 Å². The summed E-state index contributed by atoms with van der Waals surface area (Å²) < 4.78 is 0. The highest BCUT2D eigenvalue weighted by Gasteiger charge is 2.18. The number of amides is 1. The van der Waals surface area contributed by atoms with Gasteiger partial charge in [-0.15, -0.1) is 11.3 Å². The molecule has 0 radical (unpaired) electrons. The first kappa shape index (κ1) is 14.2. The number of hydrogen-bond acceptors (Lipinski definition) is 3. The molecule has 0 aromatic carbocycles. The maximum absolute atomic E-state index is 11.8. The number of nitrogens with two attached hydrogens (primary N) is 1. The van der Waals surface area contributed by atoms with Gasteiger partial charge in [-0.2, -0.15) is 0 Å². The predicted molar refractivity (Wildman–Crippen MR) is 73.2 cm³/mol. The number of rotatable bonds is 5. The highest BCUT2D eigenvalue weighted by Crippen LogP contribution is 2.16. The number of thiophene rings is 1. The van der Waals surface area contributed by atoms with Crippen LogP contribution >= 0.6 is 11.3 Å². The van der Waals surface area contributed by atoms with Gasteiger partial charge < -0.3 is 11.1 Å². The average molecular weight is 254 g/mol. The van der Waals surface area contributed by atoms with Crippen molar-refractivity contribution in [3.63, 3.8) is 0 Å². The molecule has 0 fully saturated rings. The Labute approximate surface area is 107 Å². The van der Waals surface area contributed by atoms with E-state index >= 15 is 0 Å². The molecule has 1 aromatic rings. The SMILES string of the molecule is Cc1ccc(CC(C)NC(=O)[C@@H](N)C(C)C)s1. The molecule has 3 N–H and O–H groups in total. The van der Waals surface area contributed by atoms with E-state index in [2.05, 4.69) is 24.4 Å². The Morgan fingerprint density at radius 3 is 2.53 bits per heavy atom. The topological polar surface area (TPSA) is 55.1 Å². The molecule has 1 unspecified atom stereocenters. The summed E-state index contributed by atoms with van der Waals surface area (Å²) in [5, 5.41) is 2.96. The first-order chi connectivity index (χ1) is 7.90. The Hall–Kier alpha value is -0.870. The third kappa shape index (κ3) is 4.48. The van der Waals surface area contributed by atoms with Gasteiger partial charge in [-0.3, -0.25) is 4.79 Å². The van der Waals surface area contributed by atoms with Crippen LogP contribution in [0, 0.1) is 12.8 Å². The highest BCUT2D eigenvalue weighted by atomic mass is 32.1. The third-order valence-corrected chi connectivity index (χ3v) is 3.74. The molecular formula is C13H22N2OS. The minimum atomic E-state index is -0.414. The maximum atomic E-state index is 11.8. The Morgan fingerprint density at radius 1 is 1.41 bits per heavy atom. The van der Waals surface area contributed by atoms with Crippen molar-refractivity contribution in [3.8, 4) is 0 Å². The molecule has 0 saturated carbocycles. The van der Waals surface area contributed by atoms with Gasteiger partial charge >= 0.3 is 0 Å². The smallest absolute Gasteiger partial charge is 0.237 e. The molecule has 1 rings (SSSR count). The van der Waals surface area contributed by atoms with Crippen LogP contribution in [-0.4, -0.2) is 18.0 Å². The molecule has 1 amide bonds. The van der Waals surface area contributed by atoms with Crippen LogP contribution in [0.1, 0.15) is 30.5 Å². The lowest BCUT2D eigenvalue weighted by Crippen LogP contribution is -2.47. The van der Waals surface area contributed by atoms with Crippen LogP contribution in [0.15, 0.2) is 12.1 Å². The fraction of sp³-hybridized carbons (Fsp3) is 0.615. The zero-order valence-corrected chi connectivity index (χ0v) is 11.8. The van der Waals surface area contributed by atoms with Crippen molar-refractivity contribution in [2.75, 3.05) is 0 Å². The summed E-state index contributed by atoms with van der Waals surface area (Å²) in [5.74, 6) is 0.118. The van der Waals surface area contributed by atoms with Crippen LogP contribution in [-0.2, 0) is 11.2 Å². The van der Waals surface area contributed by atoms with E-state index in [1.165, 1.54) is 9.75 Å². The van der Waals surface area contributed by atoms with E-state index in [0.29, 0.717) is 0 Å². The normalized spacial score (nSPS) is 14.7. The zero-order chi connectivity index (χ0) is 13.0. The number of aryl methyl sites for hydroxylation is 1. The molecule has 0 saturated heterocycles. The fourth-order valence-corrected chi connectivity index (χ4v) is 2.61. The van der Waals surface area contributed by atoms with Crippen molar-refractivity contribution in [1.82, 2.24) is 5.32 Å². The van der Waals surface area contributed by atoms with Crippen molar-refractivity contribution in [2.24, 2.45) is 11.7 Å². The Balaban J connectivity index is 2.44. The van der Waals surface area contributed by atoms with Crippen molar-refractivity contribution in [3.05, 3.63) is 21.9 Å². The van der Waals surface area contributed by atoms with E-state index in [0.717, 1.165) is 6.42 Å². The van der Waals surface area contributed by atoms with Crippen molar-refractivity contribution in [1.29, 1.82) is 0 Å². The molecule has 3 nitrogen and oxygen atoms in total.